The van der Waals surface area contributed by atoms with Crippen LogP contribution in [0.5, 0.6) is 0 Å². The fourth-order valence-corrected chi connectivity index (χ4v) is 2.15. The van der Waals surface area contributed by atoms with Gasteiger partial charge in [-0.05, 0) is 31.1 Å². The van der Waals surface area contributed by atoms with E-state index >= 15 is 0 Å². The van der Waals surface area contributed by atoms with Crippen LogP contribution in [0.2, 0.25) is 0 Å². The molecule has 0 radical (unpaired) electrons. The third-order valence-corrected chi connectivity index (χ3v) is 2.95. The first-order valence-electron chi connectivity index (χ1n) is 3.89. The minimum atomic E-state index is 0.269. The first-order valence-corrected chi connectivity index (χ1v) is 3.89. The van der Waals surface area contributed by atoms with E-state index in [1.54, 1.807) is 6.26 Å². The molecular formula is C8H11NO. The first-order chi connectivity index (χ1) is 4.85. The van der Waals surface area contributed by atoms with Gasteiger partial charge in [-0.3, -0.25) is 0 Å². The number of rotatable bonds is 1. The van der Waals surface area contributed by atoms with Gasteiger partial charge in [0.05, 0.1) is 0 Å². The molecule has 0 heterocycles. The van der Waals surface area contributed by atoms with Gasteiger partial charge in [0.15, 0.2) is 0 Å². The van der Waals surface area contributed by atoms with Crippen LogP contribution < -0.4 is 0 Å². The van der Waals surface area contributed by atoms with Gasteiger partial charge in [0.2, 0.25) is 0 Å². The lowest BCUT2D eigenvalue weighted by Gasteiger charge is -2.52. The van der Waals surface area contributed by atoms with Crippen LogP contribution in [-0.4, -0.2) is 6.10 Å². The average Bonchev–Trinajstić information content (AvgIpc) is 1.72. The van der Waals surface area contributed by atoms with Crippen LogP contribution in [0.3, 0.4) is 0 Å². The molecule has 0 unspecified atom stereocenters. The molecule has 0 aromatic carbocycles. The molecule has 0 aliphatic heterocycles. The Bertz CT molecular complexity index is 170. The lowest BCUT2D eigenvalue weighted by Crippen LogP contribution is -2.46. The molecule has 1 spiro atoms. The van der Waals surface area contributed by atoms with Crippen molar-refractivity contribution in [1.29, 1.82) is 5.26 Å². The Morgan fingerprint density at radius 3 is 2.50 bits per heavy atom. The second kappa shape index (κ2) is 1.88. The van der Waals surface area contributed by atoms with E-state index in [9.17, 15) is 0 Å². The van der Waals surface area contributed by atoms with Crippen LogP contribution in [0, 0.1) is 16.9 Å². The van der Waals surface area contributed by atoms with Crippen molar-refractivity contribution in [2.45, 2.75) is 38.2 Å². The van der Waals surface area contributed by atoms with Crippen LogP contribution >= 0.6 is 0 Å². The van der Waals surface area contributed by atoms with Gasteiger partial charge in [0, 0.05) is 0 Å². The molecule has 0 amide bonds. The van der Waals surface area contributed by atoms with Gasteiger partial charge in [0.1, 0.15) is 6.10 Å². The second-order valence-electron chi connectivity index (χ2n) is 3.59. The third-order valence-electron chi connectivity index (χ3n) is 2.95. The molecule has 2 saturated carbocycles. The Kier molecular flexibility index (Phi) is 1.14. The van der Waals surface area contributed by atoms with Crippen LogP contribution in [0.1, 0.15) is 32.1 Å². The maximum atomic E-state index is 8.19. The molecule has 54 valence electrons. The Balaban J connectivity index is 1.78. The molecule has 0 N–H and O–H groups in total. The summed E-state index contributed by atoms with van der Waals surface area (Å²) in [5.41, 5.74) is 0.640. The number of ether oxygens (including phenoxy) is 1. The molecule has 0 atom stereocenters. The highest BCUT2D eigenvalue weighted by atomic mass is 16.5. The summed E-state index contributed by atoms with van der Waals surface area (Å²) < 4.78 is 4.81. The number of nitrogens with zero attached hydrogens (tertiary/aromatic N) is 1. The summed E-state index contributed by atoms with van der Waals surface area (Å²) >= 11 is 0. The summed E-state index contributed by atoms with van der Waals surface area (Å²) in [6, 6.07) is 0. The lowest BCUT2D eigenvalue weighted by molar-refractivity contribution is -0.0816. The Morgan fingerprint density at radius 1 is 1.40 bits per heavy atom. The number of hydrogen-bond donors (Lipinski definition) is 0. The molecule has 0 bridgehead atoms. The Labute approximate surface area is 60.8 Å². The van der Waals surface area contributed by atoms with Crippen LogP contribution in [-0.2, 0) is 4.74 Å². The highest BCUT2D eigenvalue weighted by Crippen LogP contribution is 2.56. The smallest absolute Gasteiger partial charge is 0.286 e. The van der Waals surface area contributed by atoms with Gasteiger partial charge in [-0.25, -0.2) is 0 Å². The van der Waals surface area contributed by atoms with E-state index < -0.39 is 0 Å². The molecule has 0 saturated heterocycles. The van der Waals surface area contributed by atoms with Gasteiger partial charge in [-0.15, -0.1) is 0 Å². The zero-order valence-electron chi connectivity index (χ0n) is 5.97. The molecular weight excluding hydrogens is 126 g/mol. The minimum absolute atomic E-state index is 0.269. The molecule has 2 fully saturated rings. The molecule has 10 heavy (non-hydrogen) atoms. The largest absolute Gasteiger partial charge is 0.424 e. The lowest BCUT2D eigenvalue weighted by atomic mass is 9.55. The molecule has 2 nitrogen and oxygen atoms in total. The fourth-order valence-electron chi connectivity index (χ4n) is 2.15. The van der Waals surface area contributed by atoms with E-state index in [2.05, 4.69) is 0 Å². The number of nitriles is 1. The molecule has 2 rings (SSSR count). The summed E-state index contributed by atoms with van der Waals surface area (Å²) in [6.45, 7) is 0. The normalized spacial score (nSPS) is 28.3. The van der Waals surface area contributed by atoms with Crippen molar-refractivity contribution in [1.82, 2.24) is 0 Å². The first kappa shape index (κ1) is 6.03. The summed E-state index contributed by atoms with van der Waals surface area (Å²) in [4.78, 5) is 0. The van der Waals surface area contributed by atoms with Crippen molar-refractivity contribution in [3.63, 3.8) is 0 Å². The minimum Gasteiger partial charge on any atom is -0.424 e. The maximum absolute atomic E-state index is 8.19. The zero-order valence-corrected chi connectivity index (χ0v) is 5.97. The van der Waals surface area contributed by atoms with Crippen LogP contribution in [0.15, 0.2) is 0 Å². The van der Waals surface area contributed by atoms with Crippen molar-refractivity contribution in [2.75, 3.05) is 0 Å². The predicted octanol–water partition coefficient (Wildman–Crippen LogP) is 1.82. The van der Waals surface area contributed by atoms with Crippen molar-refractivity contribution >= 4 is 0 Å². The Morgan fingerprint density at radius 2 is 2.10 bits per heavy atom. The maximum Gasteiger partial charge on any atom is 0.286 e. The van der Waals surface area contributed by atoms with Gasteiger partial charge < -0.3 is 4.74 Å². The molecule has 2 heteroatoms. The van der Waals surface area contributed by atoms with Crippen molar-refractivity contribution in [3.05, 3.63) is 0 Å². The van der Waals surface area contributed by atoms with Crippen LogP contribution in [0.4, 0.5) is 0 Å². The molecule has 0 aromatic rings. The van der Waals surface area contributed by atoms with Gasteiger partial charge >= 0.3 is 0 Å². The molecule has 0 aromatic heterocycles. The van der Waals surface area contributed by atoms with E-state index in [1.807, 2.05) is 0 Å². The fraction of sp³-hybridized carbons (Fsp3) is 0.875. The van der Waals surface area contributed by atoms with E-state index in [4.69, 9.17) is 10.00 Å². The van der Waals surface area contributed by atoms with E-state index in [-0.39, 0.29) is 6.10 Å². The summed E-state index contributed by atoms with van der Waals surface area (Å²) in [7, 11) is 0. The second-order valence-corrected chi connectivity index (χ2v) is 3.59. The van der Waals surface area contributed by atoms with E-state index in [0.717, 1.165) is 12.8 Å². The quantitative estimate of drug-likeness (QED) is 0.516. The standard InChI is InChI=1S/C8H11NO/c9-6-10-7-4-8(5-7)2-1-3-8/h7H,1-5H2. The van der Waals surface area contributed by atoms with E-state index in [0.29, 0.717) is 5.41 Å². The topological polar surface area (TPSA) is 33.0 Å². The van der Waals surface area contributed by atoms with Crippen molar-refractivity contribution in [2.24, 2.45) is 5.41 Å². The molecule has 2 aliphatic carbocycles. The average molecular weight is 137 g/mol. The molecule has 2 aliphatic rings. The highest BCUT2D eigenvalue weighted by molar-refractivity contribution is 5.00. The van der Waals surface area contributed by atoms with Gasteiger partial charge in [-0.1, -0.05) is 6.42 Å². The predicted molar refractivity (Wildman–Crippen MR) is 36.0 cm³/mol. The summed E-state index contributed by atoms with van der Waals surface area (Å²) in [5, 5.41) is 8.19. The highest BCUT2D eigenvalue weighted by Gasteiger charge is 2.49. The van der Waals surface area contributed by atoms with Gasteiger partial charge in [-0.2, -0.15) is 5.26 Å². The van der Waals surface area contributed by atoms with Gasteiger partial charge in [0.25, 0.3) is 6.26 Å². The summed E-state index contributed by atoms with van der Waals surface area (Å²) in [6.07, 6.45) is 8.44. The van der Waals surface area contributed by atoms with Crippen LogP contribution in [0.25, 0.3) is 0 Å². The number of hydrogen-bond acceptors (Lipinski definition) is 2. The van der Waals surface area contributed by atoms with Crippen molar-refractivity contribution in [3.8, 4) is 6.26 Å². The zero-order chi connectivity index (χ0) is 7.03. The van der Waals surface area contributed by atoms with Crippen molar-refractivity contribution < 1.29 is 4.74 Å². The van der Waals surface area contributed by atoms with E-state index in [1.165, 1.54) is 19.3 Å². The third kappa shape index (κ3) is 0.701. The SMILES string of the molecule is N#COC1CC2(CCC2)C1. The monoisotopic (exact) mass is 137 g/mol. The summed E-state index contributed by atoms with van der Waals surface area (Å²) in [5.74, 6) is 0. The Hall–Kier alpha value is -0.710.